The molecule has 0 fully saturated rings. The van der Waals surface area contributed by atoms with Crippen molar-refractivity contribution in [2.75, 3.05) is 5.32 Å². The van der Waals surface area contributed by atoms with E-state index in [4.69, 9.17) is 9.81 Å². The summed E-state index contributed by atoms with van der Waals surface area (Å²) in [4.78, 5) is 11.1. The molecule has 9 nitrogen and oxygen atoms in total. The van der Waals surface area contributed by atoms with E-state index in [9.17, 15) is 18.3 Å². The summed E-state index contributed by atoms with van der Waals surface area (Å²) in [6.07, 6.45) is 0. The van der Waals surface area contributed by atoms with Gasteiger partial charge < -0.3 is 10.4 Å². The van der Waals surface area contributed by atoms with Gasteiger partial charge in [-0.15, -0.1) is 4.33 Å². The minimum Gasteiger partial charge on any atom is -0.507 e. The van der Waals surface area contributed by atoms with Gasteiger partial charge in [-0.2, -0.15) is 8.42 Å². The van der Waals surface area contributed by atoms with Gasteiger partial charge in [0.1, 0.15) is 5.75 Å². The van der Waals surface area contributed by atoms with Gasteiger partial charge >= 0.3 is 0 Å². The Labute approximate surface area is 134 Å². The molecule has 2 aromatic rings. The van der Waals surface area contributed by atoms with Crippen LogP contribution in [-0.4, -0.2) is 29.2 Å². The van der Waals surface area contributed by atoms with Crippen LogP contribution in [0.2, 0.25) is 0 Å². The predicted octanol–water partition coefficient (Wildman–Crippen LogP) is 2.18. The molecule has 0 spiro atoms. The van der Waals surface area contributed by atoms with Gasteiger partial charge in [0.15, 0.2) is 0 Å². The first kappa shape index (κ1) is 17.5. The van der Waals surface area contributed by atoms with E-state index in [2.05, 4.69) is 14.7 Å². The van der Waals surface area contributed by atoms with Crippen LogP contribution in [0.25, 0.3) is 10.8 Å². The third kappa shape index (κ3) is 4.10. The fourth-order valence-electron chi connectivity index (χ4n) is 1.98. The van der Waals surface area contributed by atoms with E-state index >= 15 is 0 Å². The van der Waals surface area contributed by atoms with Gasteiger partial charge in [-0.1, -0.05) is 5.04 Å². The molecule has 0 aliphatic carbocycles. The van der Waals surface area contributed by atoms with Crippen molar-refractivity contribution in [2.24, 2.45) is 0 Å². The van der Waals surface area contributed by atoms with Crippen LogP contribution >= 0.6 is 12.0 Å². The lowest BCUT2D eigenvalue weighted by Gasteiger charge is -2.12. The van der Waals surface area contributed by atoms with Crippen LogP contribution in [0.5, 0.6) is 5.75 Å². The lowest BCUT2D eigenvalue weighted by atomic mass is 10.1. The van der Waals surface area contributed by atoms with Crippen molar-refractivity contribution in [2.45, 2.75) is 16.7 Å². The Morgan fingerprint density at radius 1 is 1.26 bits per heavy atom. The number of amides is 1. The Morgan fingerprint density at radius 3 is 2.52 bits per heavy atom. The summed E-state index contributed by atoms with van der Waals surface area (Å²) in [6, 6.07) is 4.79. The van der Waals surface area contributed by atoms with Crippen LogP contribution < -0.4 is 5.32 Å². The number of hydrogen-bond acceptors (Lipinski definition) is 8. The number of hydrogen-bond donors (Lipinski definition) is 4. The van der Waals surface area contributed by atoms with E-state index in [1.165, 1.54) is 19.1 Å². The average molecular weight is 361 g/mol. The number of phenolic OH excluding ortho intramolecular Hbond substituents is 1. The third-order valence-corrected chi connectivity index (χ3v) is 4.13. The second-order valence-electron chi connectivity index (χ2n) is 4.39. The summed E-state index contributed by atoms with van der Waals surface area (Å²) in [5.74, 6) is -0.874. The molecule has 0 aliphatic heterocycles. The normalized spacial score (nSPS) is 11.6. The molecule has 2 rings (SSSR count). The Hall–Kier alpha value is -1.89. The second-order valence-corrected chi connectivity index (χ2v) is 6.59. The number of phenols is 1. The number of fused-ring (bicyclic) bond motifs is 1. The molecule has 23 heavy (non-hydrogen) atoms. The number of aromatic hydroxyl groups is 1. The second kappa shape index (κ2) is 6.70. The molecule has 0 atom stereocenters. The van der Waals surface area contributed by atoms with Crippen molar-refractivity contribution in [1.29, 1.82) is 0 Å². The highest BCUT2D eigenvalue weighted by molar-refractivity contribution is 7.94. The topological polar surface area (TPSA) is 142 Å². The first-order valence-corrected chi connectivity index (χ1v) is 8.11. The molecule has 0 aromatic heterocycles. The molecular weight excluding hydrogens is 350 g/mol. The predicted molar refractivity (Wildman–Crippen MR) is 80.4 cm³/mol. The zero-order valence-corrected chi connectivity index (χ0v) is 13.1. The smallest absolute Gasteiger partial charge is 0.294 e. The van der Waals surface area contributed by atoms with Gasteiger partial charge in [-0.25, -0.2) is 5.26 Å². The third-order valence-electron chi connectivity index (χ3n) is 2.74. The monoisotopic (exact) mass is 361 g/mol. The first-order valence-electron chi connectivity index (χ1n) is 5.93. The van der Waals surface area contributed by atoms with Gasteiger partial charge in [0.2, 0.25) is 5.91 Å². The van der Waals surface area contributed by atoms with Crippen LogP contribution in [-0.2, 0) is 24.3 Å². The summed E-state index contributed by atoms with van der Waals surface area (Å²) in [7, 11) is -4.53. The highest BCUT2D eigenvalue weighted by Crippen LogP contribution is 2.38. The van der Waals surface area contributed by atoms with Gasteiger partial charge in [0.25, 0.3) is 10.1 Å². The highest BCUT2D eigenvalue weighted by atomic mass is 32.2. The van der Waals surface area contributed by atoms with Crippen molar-refractivity contribution in [3.63, 3.8) is 0 Å². The Kier molecular flexibility index (Phi) is 5.09. The molecule has 4 N–H and O–H groups in total. The molecule has 0 unspecified atom stereocenters. The summed E-state index contributed by atoms with van der Waals surface area (Å²) in [6.45, 7) is 1.25. The Balaban J connectivity index is 2.73. The van der Waals surface area contributed by atoms with Crippen molar-refractivity contribution in [3.8, 4) is 5.75 Å². The molecule has 0 radical (unpaired) electrons. The number of carbonyl (C=O) groups is 1. The molecule has 0 bridgehead atoms. The maximum atomic E-state index is 11.3. The molecular formula is C12H11NO8S2. The van der Waals surface area contributed by atoms with E-state index in [0.717, 1.165) is 12.1 Å². The number of rotatable bonds is 5. The fraction of sp³-hybridized carbons (Fsp3) is 0.0833. The van der Waals surface area contributed by atoms with Gasteiger partial charge in [0.05, 0.1) is 22.6 Å². The largest absolute Gasteiger partial charge is 0.507 e. The van der Waals surface area contributed by atoms with Crippen LogP contribution in [0.1, 0.15) is 6.92 Å². The van der Waals surface area contributed by atoms with Crippen molar-refractivity contribution in [1.82, 2.24) is 0 Å². The fourth-order valence-corrected chi connectivity index (χ4v) is 2.96. The van der Waals surface area contributed by atoms with E-state index in [0.29, 0.717) is 16.9 Å². The summed E-state index contributed by atoms with van der Waals surface area (Å²) in [5, 5.41) is 24.6. The molecule has 0 heterocycles. The average Bonchev–Trinajstić information content (AvgIpc) is 2.42. The zero-order chi connectivity index (χ0) is 17.2. The number of benzene rings is 2. The quantitative estimate of drug-likeness (QED) is 0.273. The van der Waals surface area contributed by atoms with E-state index in [-0.39, 0.29) is 16.5 Å². The zero-order valence-electron chi connectivity index (χ0n) is 11.5. The summed E-state index contributed by atoms with van der Waals surface area (Å²) >= 11 is 0.579. The van der Waals surface area contributed by atoms with Crippen LogP contribution in [0.15, 0.2) is 34.1 Å². The number of anilines is 1. The highest BCUT2D eigenvalue weighted by Gasteiger charge is 2.17. The molecule has 1 amide bonds. The van der Waals surface area contributed by atoms with Crippen LogP contribution in [0.4, 0.5) is 5.69 Å². The molecule has 2 aromatic carbocycles. The summed E-state index contributed by atoms with van der Waals surface area (Å²) < 4.78 is 35.9. The molecule has 0 aliphatic rings. The van der Waals surface area contributed by atoms with Gasteiger partial charge in [-0.05, 0) is 23.6 Å². The van der Waals surface area contributed by atoms with Gasteiger partial charge in [0, 0.05) is 23.3 Å². The van der Waals surface area contributed by atoms with Crippen molar-refractivity contribution >= 4 is 44.5 Å². The summed E-state index contributed by atoms with van der Waals surface area (Å²) in [5.41, 5.74) is 0.179. The van der Waals surface area contributed by atoms with Crippen LogP contribution in [0, 0.1) is 0 Å². The van der Waals surface area contributed by atoms with E-state index in [1.54, 1.807) is 0 Å². The maximum absolute atomic E-state index is 11.3. The van der Waals surface area contributed by atoms with E-state index in [1.807, 2.05) is 0 Å². The van der Waals surface area contributed by atoms with Crippen molar-refractivity contribution < 1.29 is 37.5 Å². The standard InChI is InChI=1S/C12H11NO8S2/c1-6(14)13-10-4-8(22-21-20-16)2-7-3-9(23(17,18)19)5-11(15)12(7)10/h2-5,15-16H,1H3,(H,13,14)(H,17,18,19). The van der Waals surface area contributed by atoms with E-state index < -0.39 is 26.7 Å². The Bertz CT molecular complexity index is 865. The maximum Gasteiger partial charge on any atom is 0.294 e. The minimum atomic E-state index is -4.53. The SMILES string of the molecule is CC(=O)Nc1cc(SOOO)cc2cc(S(=O)(=O)O)cc(O)c12. The Morgan fingerprint density at radius 2 is 1.96 bits per heavy atom. The molecule has 124 valence electrons. The lowest BCUT2D eigenvalue weighted by Crippen LogP contribution is -2.07. The van der Waals surface area contributed by atoms with Crippen LogP contribution in [0.3, 0.4) is 0 Å². The number of carbonyl (C=O) groups excluding carboxylic acids is 1. The van der Waals surface area contributed by atoms with Crippen molar-refractivity contribution in [3.05, 3.63) is 24.3 Å². The molecule has 11 heteroatoms. The number of nitrogens with one attached hydrogen (secondary N) is 1. The molecule has 0 saturated heterocycles. The van der Waals surface area contributed by atoms with Gasteiger partial charge in [-0.3, -0.25) is 9.35 Å². The lowest BCUT2D eigenvalue weighted by molar-refractivity contribution is -0.432. The minimum absolute atomic E-state index is 0.168. The molecule has 0 saturated carbocycles. The first-order chi connectivity index (χ1) is 10.7.